The number of benzene rings is 1. The van der Waals surface area contributed by atoms with Crippen molar-refractivity contribution in [2.24, 2.45) is 0 Å². The predicted molar refractivity (Wildman–Crippen MR) is 74.1 cm³/mol. The highest BCUT2D eigenvalue weighted by atomic mass is 32.1. The van der Waals surface area contributed by atoms with Crippen molar-refractivity contribution in [3.63, 3.8) is 0 Å². The average Bonchev–Trinajstić information content (AvgIpc) is 3.04. The van der Waals surface area contributed by atoms with E-state index >= 15 is 0 Å². The number of aryl methyl sites for hydroxylation is 2. The summed E-state index contributed by atoms with van der Waals surface area (Å²) < 4.78 is 5.72. The molecule has 1 aromatic carbocycles. The average molecular weight is 274 g/mol. The molecule has 1 aromatic heterocycles. The molecule has 0 atom stereocenters. The zero-order chi connectivity index (χ0) is 13.2. The first-order chi connectivity index (χ1) is 9.22. The molecule has 0 amide bonds. The van der Waals surface area contributed by atoms with Crippen molar-refractivity contribution >= 4 is 17.3 Å². The van der Waals surface area contributed by atoms with E-state index in [1.54, 1.807) is 6.07 Å². The van der Waals surface area contributed by atoms with Crippen LogP contribution in [0.1, 0.15) is 32.8 Å². The number of fused-ring (bicyclic) bond motifs is 1. The topological polar surface area (TPSA) is 46.5 Å². The van der Waals surface area contributed by atoms with E-state index in [4.69, 9.17) is 9.84 Å². The fourth-order valence-corrected chi connectivity index (χ4v) is 3.10. The van der Waals surface area contributed by atoms with Crippen molar-refractivity contribution < 1.29 is 14.6 Å². The summed E-state index contributed by atoms with van der Waals surface area (Å²) in [6.07, 6.45) is 3.53. The predicted octanol–water partition coefficient (Wildman–Crippen LogP) is 3.51. The number of hydrogen-bond donors (Lipinski definition) is 1. The van der Waals surface area contributed by atoms with Gasteiger partial charge in [0.2, 0.25) is 0 Å². The second-order valence-electron chi connectivity index (χ2n) is 4.70. The zero-order valence-electron chi connectivity index (χ0n) is 10.4. The SMILES string of the molecule is O=C(O)c1cc(COc2ccc3c(c2)CCC3)cs1. The monoisotopic (exact) mass is 274 g/mol. The Labute approximate surface area is 115 Å². The van der Waals surface area contributed by atoms with E-state index in [-0.39, 0.29) is 0 Å². The van der Waals surface area contributed by atoms with Crippen LogP contribution in [0.4, 0.5) is 0 Å². The van der Waals surface area contributed by atoms with Crippen LogP contribution in [0.15, 0.2) is 29.6 Å². The number of carboxylic acid groups (broad SMARTS) is 1. The normalized spacial score (nSPS) is 13.3. The maximum atomic E-state index is 10.8. The fraction of sp³-hybridized carbons (Fsp3) is 0.267. The van der Waals surface area contributed by atoms with E-state index in [9.17, 15) is 4.79 Å². The Kier molecular flexibility index (Phi) is 3.25. The number of rotatable bonds is 4. The molecule has 1 N–H and O–H groups in total. The molecule has 3 nitrogen and oxygen atoms in total. The van der Waals surface area contributed by atoms with Crippen LogP contribution in [0.2, 0.25) is 0 Å². The molecule has 0 bridgehead atoms. The van der Waals surface area contributed by atoms with Crippen LogP contribution in [0.3, 0.4) is 0 Å². The lowest BCUT2D eigenvalue weighted by molar-refractivity contribution is 0.0702. The number of carbonyl (C=O) groups is 1. The number of ether oxygens (including phenoxy) is 1. The first-order valence-corrected chi connectivity index (χ1v) is 7.15. The molecule has 2 aromatic rings. The van der Waals surface area contributed by atoms with Crippen molar-refractivity contribution in [3.8, 4) is 5.75 Å². The molecule has 19 heavy (non-hydrogen) atoms. The molecular formula is C15H14O3S. The van der Waals surface area contributed by atoms with Gasteiger partial charge in [0.25, 0.3) is 0 Å². The van der Waals surface area contributed by atoms with Crippen molar-refractivity contribution in [3.05, 3.63) is 51.2 Å². The summed E-state index contributed by atoms with van der Waals surface area (Å²) in [5.74, 6) is -0.0162. The van der Waals surface area contributed by atoms with E-state index in [0.717, 1.165) is 17.7 Å². The van der Waals surface area contributed by atoms with Crippen LogP contribution in [0.25, 0.3) is 0 Å². The summed E-state index contributed by atoms with van der Waals surface area (Å²) in [6.45, 7) is 0.419. The van der Waals surface area contributed by atoms with Crippen LogP contribution in [-0.4, -0.2) is 11.1 Å². The third-order valence-electron chi connectivity index (χ3n) is 3.34. The third-order valence-corrected chi connectivity index (χ3v) is 4.31. The highest BCUT2D eigenvalue weighted by Crippen LogP contribution is 2.26. The van der Waals surface area contributed by atoms with Gasteiger partial charge in [-0.2, -0.15) is 0 Å². The zero-order valence-corrected chi connectivity index (χ0v) is 11.2. The van der Waals surface area contributed by atoms with Crippen LogP contribution in [-0.2, 0) is 19.4 Å². The summed E-state index contributed by atoms with van der Waals surface area (Å²) in [6, 6.07) is 7.90. The summed E-state index contributed by atoms with van der Waals surface area (Å²) >= 11 is 1.23. The largest absolute Gasteiger partial charge is 0.489 e. The van der Waals surface area contributed by atoms with E-state index < -0.39 is 5.97 Å². The smallest absolute Gasteiger partial charge is 0.345 e. The molecule has 0 saturated heterocycles. The number of aromatic carboxylic acids is 1. The summed E-state index contributed by atoms with van der Waals surface area (Å²) in [4.78, 5) is 11.1. The fourth-order valence-electron chi connectivity index (χ4n) is 2.37. The lowest BCUT2D eigenvalue weighted by atomic mass is 10.1. The molecule has 3 rings (SSSR count). The molecule has 0 unspecified atom stereocenters. The Morgan fingerprint density at radius 3 is 2.89 bits per heavy atom. The molecule has 0 saturated carbocycles. The molecule has 0 aliphatic heterocycles. The maximum absolute atomic E-state index is 10.8. The highest BCUT2D eigenvalue weighted by Gasteiger charge is 2.11. The minimum absolute atomic E-state index is 0.354. The van der Waals surface area contributed by atoms with Gasteiger partial charge in [0.05, 0.1) is 0 Å². The minimum atomic E-state index is -0.881. The van der Waals surface area contributed by atoms with Crippen molar-refractivity contribution in [1.29, 1.82) is 0 Å². The molecule has 1 aliphatic carbocycles. The third kappa shape index (κ3) is 2.63. The van der Waals surface area contributed by atoms with Gasteiger partial charge in [-0.3, -0.25) is 0 Å². The summed E-state index contributed by atoms with van der Waals surface area (Å²) in [5, 5.41) is 10.7. The quantitative estimate of drug-likeness (QED) is 0.928. The second-order valence-corrected chi connectivity index (χ2v) is 5.61. The molecule has 1 aliphatic rings. The van der Waals surface area contributed by atoms with Gasteiger partial charge in [0, 0.05) is 5.56 Å². The molecule has 0 radical (unpaired) electrons. The van der Waals surface area contributed by atoms with Crippen molar-refractivity contribution in [2.45, 2.75) is 25.9 Å². The van der Waals surface area contributed by atoms with E-state index in [1.165, 1.54) is 35.3 Å². The van der Waals surface area contributed by atoms with Gasteiger partial charge in [-0.1, -0.05) is 6.07 Å². The molecule has 0 spiro atoms. The van der Waals surface area contributed by atoms with Crippen molar-refractivity contribution in [2.75, 3.05) is 0 Å². The Morgan fingerprint density at radius 2 is 2.11 bits per heavy atom. The molecule has 98 valence electrons. The molecule has 1 heterocycles. The van der Waals surface area contributed by atoms with Gasteiger partial charge in [-0.05, 0) is 54.0 Å². The number of thiophene rings is 1. The molecular weight excluding hydrogens is 260 g/mol. The van der Waals surface area contributed by atoms with Crippen LogP contribution < -0.4 is 4.74 Å². The Morgan fingerprint density at radius 1 is 1.26 bits per heavy atom. The molecule has 0 fully saturated rings. The van der Waals surface area contributed by atoms with E-state index in [1.807, 2.05) is 11.4 Å². The van der Waals surface area contributed by atoms with Gasteiger partial charge in [-0.25, -0.2) is 4.79 Å². The van der Waals surface area contributed by atoms with Gasteiger partial charge in [0.15, 0.2) is 0 Å². The first-order valence-electron chi connectivity index (χ1n) is 6.28. The van der Waals surface area contributed by atoms with Crippen LogP contribution >= 0.6 is 11.3 Å². The van der Waals surface area contributed by atoms with Crippen LogP contribution in [0, 0.1) is 0 Å². The van der Waals surface area contributed by atoms with E-state index in [0.29, 0.717) is 11.5 Å². The summed E-state index contributed by atoms with van der Waals surface area (Å²) in [5.41, 5.74) is 3.72. The van der Waals surface area contributed by atoms with Crippen molar-refractivity contribution in [1.82, 2.24) is 0 Å². The van der Waals surface area contributed by atoms with Gasteiger partial charge < -0.3 is 9.84 Å². The second kappa shape index (κ2) is 5.05. The first kappa shape index (κ1) is 12.2. The Balaban J connectivity index is 1.67. The Bertz CT molecular complexity index is 616. The number of hydrogen-bond acceptors (Lipinski definition) is 3. The van der Waals surface area contributed by atoms with Gasteiger partial charge in [0.1, 0.15) is 17.2 Å². The Hall–Kier alpha value is -1.81. The minimum Gasteiger partial charge on any atom is -0.489 e. The summed E-state index contributed by atoms with van der Waals surface area (Å²) in [7, 11) is 0. The number of carboxylic acids is 1. The van der Waals surface area contributed by atoms with Gasteiger partial charge >= 0.3 is 5.97 Å². The highest BCUT2D eigenvalue weighted by molar-refractivity contribution is 7.12. The maximum Gasteiger partial charge on any atom is 0.345 e. The lowest BCUT2D eigenvalue weighted by Crippen LogP contribution is -1.96. The van der Waals surface area contributed by atoms with Gasteiger partial charge in [-0.15, -0.1) is 11.3 Å². The standard InChI is InChI=1S/C15H14O3S/c16-15(17)14-6-10(9-19-14)8-18-13-5-4-11-2-1-3-12(11)7-13/h4-7,9H,1-3,8H2,(H,16,17). The molecule has 4 heteroatoms. The van der Waals surface area contributed by atoms with Crippen LogP contribution in [0.5, 0.6) is 5.75 Å². The van der Waals surface area contributed by atoms with E-state index in [2.05, 4.69) is 12.1 Å². The lowest BCUT2D eigenvalue weighted by Gasteiger charge is -2.07.